The van der Waals surface area contributed by atoms with Crippen LogP contribution in [0.2, 0.25) is 0 Å². The zero-order valence-electron chi connectivity index (χ0n) is 16.1. The van der Waals surface area contributed by atoms with E-state index in [1.165, 1.54) is 4.31 Å². The number of rotatable bonds is 6. The van der Waals surface area contributed by atoms with Crippen LogP contribution in [-0.2, 0) is 27.8 Å². The number of carbonyl (C=O) groups is 1. The zero-order valence-corrected chi connectivity index (χ0v) is 16.9. The first-order valence-corrected chi connectivity index (χ1v) is 10.8. The van der Waals surface area contributed by atoms with Crippen LogP contribution in [0.4, 0.5) is 5.69 Å². The van der Waals surface area contributed by atoms with Crippen molar-refractivity contribution in [3.8, 4) is 0 Å². The minimum atomic E-state index is -3.61. The largest absolute Gasteiger partial charge is 0.309 e. The number of hydrogen-bond acceptors (Lipinski definition) is 3. The third-order valence-electron chi connectivity index (χ3n) is 4.92. The molecule has 2 aromatic rings. The third kappa shape index (κ3) is 3.92. The first-order chi connectivity index (χ1) is 12.8. The van der Waals surface area contributed by atoms with Crippen molar-refractivity contribution in [1.82, 2.24) is 4.31 Å². The van der Waals surface area contributed by atoms with Crippen molar-refractivity contribution in [2.75, 3.05) is 11.4 Å². The lowest BCUT2D eigenvalue weighted by Gasteiger charge is -2.23. The lowest BCUT2D eigenvalue weighted by atomic mass is 10.1. The summed E-state index contributed by atoms with van der Waals surface area (Å²) in [6, 6.07) is 14.8. The van der Waals surface area contributed by atoms with E-state index in [0.717, 1.165) is 23.2 Å². The summed E-state index contributed by atoms with van der Waals surface area (Å²) >= 11 is 0. The highest BCUT2D eigenvalue weighted by Gasteiger charge is 2.31. The van der Waals surface area contributed by atoms with E-state index in [0.29, 0.717) is 24.4 Å². The minimum absolute atomic E-state index is 0.0199. The smallest absolute Gasteiger partial charge is 0.243 e. The van der Waals surface area contributed by atoms with Crippen LogP contribution in [0.15, 0.2) is 53.4 Å². The van der Waals surface area contributed by atoms with Crippen molar-refractivity contribution in [2.45, 2.75) is 51.1 Å². The van der Waals surface area contributed by atoms with Gasteiger partial charge in [0.15, 0.2) is 0 Å². The van der Waals surface area contributed by atoms with Crippen LogP contribution in [0.5, 0.6) is 0 Å². The summed E-state index contributed by atoms with van der Waals surface area (Å²) in [5.41, 5.74) is 2.70. The van der Waals surface area contributed by atoms with E-state index < -0.39 is 10.0 Å². The van der Waals surface area contributed by atoms with Gasteiger partial charge in [0.05, 0.1) is 4.90 Å². The van der Waals surface area contributed by atoms with Gasteiger partial charge in [-0.25, -0.2) is 8.42 Å². The van der Waals surface area contributed by atoms with Gasteiger partial charge in [-0.3, -0.25) is 4.79 Å². The van der Waals surface area contributed by atoms with Crippen LogP contribution >= 0.6 is 0 Å². The topological polar surface area (TPSA) is 57.7 Å². The molecular weight excluding hydrogens is 360 g/mol. The fourth-order valence-electron chi connectivity index (χ4n) is 3.72. The summed E-state index contributed by atoms with van der Waals surface area (Å²) in [4.78, 5) is 13.9. The van der Waals surface area contributed by atoms with Crippen LogP contribution in [0, 0.1) is 0 Å². The number of sulfonamides is 1. The molecule has 3 rings (SSSR count). The zero-order chi connectivity index (χ0) is 19.6. The van der Waals surface area contributed by atoms with E-state index in [9.17, 15) is 13.2 Å². The molecular formula is C21H26N2O3S. The lowest BCUT2D eigenvalue weighted by molar-refractivity contribution is -0.116. The number of anilines is 1. The second-order valence-electron chi connectivity index (χ2n) is 7.06. The van der Waals surface area contributed by atoms with Crippen LogP contribution in [0.25, 0.3) is 0 Å². The Balaban J connectivity index is 1.94. The Labute approximate surface area is 161 Å². The van der Waals surface area contributed by atoms with Crippen molar-refractivity contribution >= 4 is 21.6 Å². The summed E-state index contributed by atoms with van der Waals surface area (Å²) in [5.74, 6) is -0.0199. The molecule has 1 atom stereocenters. The van der Waals surface area contributed by atoms with Crippen molar-refractivity contribution in [3.05, 3.63) is 59.7 Å². The van der Waals surface area contributed by atoms with Crippen LogP contribution in [0.3, 0.4) is 0 Å². The van der Waals surface area contributed by atoms with Gasteiger partial charge in [-0.15, -0.1) is 0 Å². The number of hydrogen-bond donors (Lipinski definition) is 0. The molecule has 5 nitrogen and oxygen atoms in total. The average molecular weight is 387 g/mol. The number of carbonyl (C=O) groups excluding carboxylic acids is 1. The SMILES string of the molecule is CCCN(Cc1ccccc1)S(=O)(=O)c1ccc2c(c1)CC(C)N2C(C)=O. The molecule has 1 unspecified atom stereocenters. The van der Waals surface area contributed by atoms with Crippen molar-refractivity contribution in [2.24, 2.45) is 0 Å². The number of benzene rings is 2. The summed E-state index contributed by atoms with van der Waals surface area (Å²) in [5, 5.41) is 0. The fraction of sp³-hybridized carbons (Fsp3) is 0.381. The summed E-state index contributed by atoms with van der Waals surface area (Å²) in [6.07, 6.45) is 1.41. The van der Waals surface area contributed by atoms with Gasteiger partial charge in [-0.05, 0) is 49.1 Å². The van der Waals surface area contributed by atoms with Gasteiger partial charge < -0.3 is 4.90 Å². The second-order valence-corrected chi connectivity index (χ2v) is 8.99. The molecule has 1 aliphatic rings. The fourth-order valence-corrected chi connectivity index (χ4v) is 5.29. The minimum Gasteiger partial charge on any atom is -0.309 e. The van der Waals surface area contributed by atoms with E-state index in [2.05, 4.69) is 0 Å². The van der Waals surface area contributed by atoms with E-state index in [-0.39, 0.29) is 11.9 Å². The molecule has 0 saturated carbocycles. The predicted octanol–water partition coefficient (Wildman–Crippen LogP) is 3.59. The van der Waals surface area contributed by atoms with E-state index in [4.69, 9.17) is 0 Å². The number of fused-ring (bicyclic) bond motifs is 1. The molecule has 6 heteroatoms. The standard InChI is InChI=1S/C21H26N2O3S/c1-4-12-22(15-18-8-6-5-7-9-18)27(25,26)20-10-11-21-19(14-20)13-16(2)23(21)17(3)24/h5-11,14,16H,4,12-13,15H2,1-3H3. The molecule has 27 heavy (non-hydrogen) atoms. The molecule has 0 radical (unpaired) electrons. The van der Waals surface area contributed by atoms with Gasteiger partial charge in [-0.2, -0.15) is 4.31 Å². The Morgan fingerprint density at radius 1 is 1.19 bits per heavy atom. The molecule has 0 N–H and O–H groups in total. The molecule has 0 spiro atoms. The molecule has 1 amide bonds. The highest BCUT2D eigenvalue weighted by molar-refractivity contribution is 7.89. The third-order valence-corrected chi connectivity index (χ3v) is 6.76. The first-order valence-electron chi connectivity index (χ1n) is 9.31. The Kier molecular flexibility index (Phi) is 5.67. The van der Waals surface area contributed by atoms with E-state index in [1.54, 1.807) is 30.0 Å². The van der Waals surface area contributed by atoms with Gasteiger partial charge in [0.25, 0.3) is 0 Å². The molecule has 1 heterocycles. The van der Waals surface area contributed by atoms with E-state index >= 15 is 0 Å². The summed E-state index contributed by atoms with van der Waals surface area (Å²) in [6.45, 7) is 6.31. The summed E-state index contributed by atoms with van der Waals surface area (Å²) in [7, 11) is -3.61. The van der Waals surface area contributed by atoms with Gasteiger partial charge >= 0.3 is 0 Å². The van der Waals surface area contributed by atoms with Crippen molar-refractivity contribution in [3.63, 3.8) is 0 Å². The average Bonchev–Trinajstić information content (AvgIpc) is 2.97. The van der Waals surface area contributed by atoms with Crippen molar-refractivity contribution in [1.29, 1.82) is 0 Å². The molecule has 0 aromatic heterocycles. The Bertz CT molecular complexity index is 926. The summed E-state index contributed by atoms with van der Waals surface area (Å²) < 4.78 is 28.1. The molecule has 1 aliphatic heterocycles. The highest BCUT2D eigenvalue weighted by Crippen LogP contribution is 2.34. The van der Waals surface area contributed by atoms with Gasteiger partial charge in [0.1, 0.15) is 0 Å². The molecule has 0 saturated heterocycles. The van der Waals surface area contributed by atoms with E-state index in [1.807, 2.05) is 44.2 Å². The highest BCUT2D eigenvalue weighted by atomic mass is 32.2. The van der Waals surface area contributed by atoms with Gasteiger partial charge in [0, 0.05) is 31.7 Å². The molecule has 144 valence electrons. The second kappa shape index (κ2) is 7.82. The maximum absolute atomic E-state index is 13.3. The Morgan fingerprint density at radius 2 is 1.89 bits per heavy atom. The Morgan fingerprint density at radius 3 is 2.52 bits per heavy atom. The lowest BCUT2D eigenvalue weighted by Crippen LogP contribution is -2.33. The van der Waals surface area contributed by atoms with Crippen LogP contribution < -0.4 is 4.90 Å². The van der Waals surface area contributed by atoms with Crippen molar-refractivity contribution < 1.29 is 13.2 Å². The van der Waals surface area contributed by atoms with Crippen LogP contribution in [-0.4, -0.2) is 31.2 Å². The quantitative estimate of drug-likeness (QED) is 0.762. The molecule has 0 aliphatic carbocycles. The molecule has 2 aromatic carbocycles. The normalized spacial score (nSPS) is 16.6. The maximum Gasteiger partial charge on any atom is 0.243 e. The first kappa shape index (κ1) is 19.6. The predicted molar refractivity (Wildman–Crippen MR) is 107 cm³/mol. The molecule has 0 fully saturated rings. The monoisotopic (exact) mass is 386 g/mol. The maximum atomic E-state index is 13.3. The Hall–Kier alpha value is -2.18. The van der Waals surface area contributed by atoms with Gasteiger partial charge in [-0.1, -0.05) is 37.3 Å². The van der Waals surface area contributed by atoms with Crippen LogP contribution in [0.1, 0.15) is 38.3 Å². The van der Waals surface area contributed by atoms with Gasteiger partial charge in [0.2, 0.25) is 15.9 Å². The number of amides is 1. The molecule has 0 bridgehead atoms. The number of nitrogens with zero attached hydrogens (tertiary/aromatic N) is 2.